The Kier molecular flexibility index (Phi) is 3.70. The predicted octanol–water partition coefficient (Wildman–Crippen LogP) is 3.10. The number of anilines is 1. The Labute approximate surface area is 115 Å². The molecule has 0 aromatic heterocycles. The molecule has 0 aliphatic heterocycles. The zero-order valence-electron chi connectivity index (χ0n) is 11.0. The van der Waals surface area contributed by atoms with E-state index >= 15 is 0 Å². The molecule has 0 bridgehead atoms. The number of nitrogen functional groups attached to an aromatic ring is 1. The molecule has 0 saturated heterocycles. The van der Waals surface area contributed by atoms with E-state index in [1.54, 1.807) is 12.1 Å². The van der Waals surface area contributed by atoms with Crippen LogP contribution in [0.25, 0.3) is 0 Å². The SMILES string of the molecule is COc1cccc(N)c1C(=O)c1cc(C)c(F)cc1F. The van der Waals surface area contributed by atoms with Crippen LogP contribution in [-0.4, -0.2) is 12.9 Å². The van der Waals surface area contributed by atoms with Crippen LogP contribution >= 0.6 is 0 Å². The summed E-state index contributed by atoms with van der Waals surface area (Å²) in [5.41, 5.74) is 5.95. The van der Waals surface area contributed by atoms with Gasteiger partial charge in [0.25, 0.3) is 0 Å². The number of hydrogen-bond acceptors (Lipinski definition) is 3. The summed E-state index contributed by atoms with van der Waals surface area (Å²) in [7, 11) is 1.39. The van der Waals surface area contributed by atoms with E-state index in [9.17, 15) is 13.6 Å². The fraction of sp³-hybridized carbons (Fsp3) is 0.133. The van der Waals surface area contributed by atoms with Crippen molar-refractivity contribution in [3.63, 3.8) is 0 Å². The van der Waals surface area contributed by atoms with Crippen LogP contribution in [0.1, 0.15) is 21.5 Å². The van der Waals surface area contributed by atoms with Gasteiger partial charge in [-0.2, -0.15) is 0 Å². The lowest BCUT2D eigenvalue weighted by Gasteiger charge is -2.11. The lowest BCUT2D eigenvalue weighted by atomic mass is 9.98. The number of halogens is 2. The molecule has 0 aliphatic rings. The van der Waals surface area contributed by atoms with Crippen molar-refractivity contribution in [2.24, 2.45) is 0 Å². The summed E-state index contributed by atoms with van der Waals surface area (Å²) in [6.45, 7) is 1.46. The minimum atomic E-state index is -0.927. The molecule has 2 aromatic carbocycles. The number of carbonyl (C=O) groups is 1. The Morgan fingerprint density at radius 2 is 1.90 bits per heavy atom. The molecule has 0 unspecified atom stereocenters. The van der Waals surface area contributed by atoms with E-state index in [1.807, 2.05) is 0 Å². The van der Waals surface area contributed by atoms with E-state index < -0.39 is 17.4 Å². The van der Waals surface area contributed by atoms with Gasteiger partial charge in [0.05, 0.1) is 18.2 Å². The summed E-state index contributed by atoms with van der Waals surface area (Å²) >= 11 is 0. The lowest BCUT2D eigenvalue weighted by molar-refractivity contribution is 0.103. The third-order valence-corrected chi connectivity index (χ3v) is 3.00. The standard InChI is InChI=1S/C15H13F2NO2/c1-8-6-9(11(17)7-10(8)16)15(19)14-12(18)4-3-5-13(14)20-2/h3-7H,18H2,1-2H3. The molecule has 2 aromatic rings. The molecule has 0 spiro atoms. The molecule has 2 N–H and O–H groups in total. The molecular formula is C15H13F2NO2. The quantitative estimate of drug-likeness (QED) is 0.693. The number of aryl methyl sites for hydroxylation is 1. The van der Waals surface area contributed by atoms with E-state index in [-0.39, 0.29) is 28.1 Å². The number of hydrogen-bond donors (Lipinski definition) is 1. The van der Waals surface area contributed by atoms with Gasteiger partial charge in [0.15, 0.2) is 0 Å². The average molecular weight is 277 g/mol. The largest absolute Gasteiger partial charge is 0.496 e. The lowest BCUT2D eigenvalue weighted by Crippen LogP contribution is -2.10. The maximum absolute atomic E-state index is 13.8. The van der Waals surface area contributed by atoms with Crippen molar-refractivity contribution < 1.29 is 18.3 Å². The average Bonchev–Trinajstić information content (AvgIpc) is 2.41. The summed E-state index contributed by atoms with van der Waals surface area (Å²) in [6, 6.07) is 6.55. The molecule has 0 fully saturated rings. The van der Waals surface area contributed by atoms with Crippen LogP contribution in [0, 0.1) is 18.6 Å². The van der Waals surface area contributed by atoms with Gasteiger partial charge in [-0.1, -0.05) is 6.07 Å². The van der Waals surface area contributed by atoms with E-state index in [0.717, 1.165) is 0 Å². The molecule has 20 heavy (non-hydrogen) atoms. The van der Waals surface area contributed by atoms with Crippen LogP contribution in [0.3, 0.4) is 0 Å². The highest BCUT2D eigenvalue weighted by atomic mass is 19.1. The van der Waals surface area contributed by atoms with Gasteiger partial charge >= 0.3 is 0 Å². The van der Waals surface area contributed by atoms with E-state index in [2.05, 4.69) is 0 Å². The van der Waals surface area contributed by atoms with Gasteiger partial charge < -0.3 is 10.5 Å². The molecule has 5 heteroatoms. The van der Waals surface area contributed by atoms with Crippen LogP contribution in [0.15, 0.2) is 30.3 Å². The summed E-state index contributed by atoms with van der Waals surface area (Å²) in [4.78, 5) is 12.4. The maximum Gasteiger partial charge on any atom is 0.201 e. The molecule has 0 amide bonds. The van der Waals surface area contributed by atoms with Crippen molar-refractivity contribution in [1.82, 2.24) is 0 Å². The molecule has 0 heterocycles. The van der Waals surface area contributed by atoms with Gasteiger partial charge in [-0.25, -0.2) is 8.78 Å². The van der Waals surface area contributed by atoms with Crippen LogP contribution in [0.5, 0.6) is 5.75 Å². The van der Waals surface area contributed by atoms with Crippen molar-refractivity contribution in [3.8, 4) is 5.75 Å². The maximum atomic E-state index is 13.8. The Morgan fingerprint density at radius 1 is 1.20 bits per heavy atom. The van der Waals surface area contributed by atoms with Gasteiger partial charge in [-0.05, 0) is 30.7 Å². The third-order valence-electron chi connectivity index (χ3n) is 3.00. The van der Waals surface area contributed by atoms with Gasteiger partial charge in [-0.3, -0.25) is 4.79 Å². The van der Waals surface area contributed by atoms with Crippen LogP contribution < -0.4 is 10.5 Å². The Balaban J connectivity index is 2.61. The first-order valence-electron chi connectivity index (χ1n) is 5.88. The minimum Gasteiger partial charge on any atom is -0.496 e. The summed E-state index contributed by atoms with van der Waals surface area (Å²) in [5.74, 6) is -2.02. The number of benzene rings is 2. The van der Waals surface area contributed by atoms with Gasteiger partial charge in [0, 0.05) is 11.8 Å². The number of methoxy groups -OCH3 is 1. The Morgan fingerprint density at radius 3 is 2.55 bits per heavy atom. The van der Waals surface area contributed by atoms with Crippen molar-refractivity contribution >= 4 is 11.5 Å². The number of ether oxygens (including phenoxy) is 1. The normalized spacial score (nSPS) is 10.4. The van der Waals surface area contributed by atoms with Crippen LogP contribution in [0.2, 0.25) is 0 Å². The van der Waals surface area contributed by atoms with Gasteiger partial charge in [-0.15, -0.1) is 0 Å². The highest BCUT2D eigenvalue weighted by molar-refractivity contribution is 6.14. The molecule has 0 radical (unpaired) electrons. The molecule has 0 aliphatic carbocycles. The highest BCUT2D eigenvalue weighted by Crippen LogP contribution is 2.28. The molecule has 0 saturated carbocycles. The smallest absolute Gasteiger partial charge is 0.201 e. The van der Waals surface area contributed by atoms with Crippen LogP contribution in [-0.2, 0) is 0 Å². The second kappa shape index (κ2) is 5.28. The zero-order valence-corrected chi connectivity index (χ0v) is 11.0. The number of rotatable bonds is 3. The molecule has 0 atom stereocenters. The monoisotopic (exact) mass is 277 g/mol. The summed E-state index contributed by atoms with van der Waals surface area (Å²) in [5, 5.41) is 0. The fourth-order valence-corrected chi connectivity index (χ4v) is 1.93. The predicted molar refractivity (Wildman–Crippen MR) is 71.9 cm³/mol. The summed E-state index contributed by atoms with van der Waals surface area (Å²) < 4.78 is 32.1. The topological polar surface area (TPSA) is 52.3 Å². The van der Waals surface area contributed by atoms with Crippen molar-refractivity contribution in [3.05, 3.63) is 58.7 Å². The first kappa shape index (κ1) is 14.0. The van der Waals surface area contributed by atoms with E-state index in [1.165, 1.54) is 26.2 Å². The Bertz CT molecular complexity index is 684. The highest BCUT2D eigenvalue weighted by Gasteiger charge is 2.21. The molecule has 3 nitrogen and oxygen atoms in total. The summed E-state index contributed by atoms with van der Waals surface area (Å²) in [6.07, 6.45) is 0. The third kappa shape index (κ3) is 2.34. The molecule has 104 valence electrons. The van der Waals surface area contributed by atoms with Crippen LogP contribution in [0.4, 0.5) is 14.5 Å². The first-order chi connectivity index (χ1) is 9.45. The van der Waals surface area contributed by atoms with E-state index in [4.69, 9.17) is 10.5 Å². The fourth-order valence-electron chi connectivity index (χ4n) is 1.93. The van der Waals surface area contributed by atoms with Crippen molar-refractivity contribution in [1.29, 1.82) is 0 Å². The number of ketones is 1. The van der Waals surface area contributed by atoms with Gasteiger partial charge in [0.1, 0.15) is 17.4 Å². The first-order valence-corrected chi connectivity index (χ1v) is 5.88. The second-order valence-electron chi connectivity index (χ2n) is 4.33. The van der Waals surface area contributed by atoms with Crippen molar-refractivity contribution in [2.75, 3.05) is 12.8 Å². The Hall–Kier alpha value is -2.43. The van der Waals surface area contributed by atoms with Gasteiger partial charge in [0.2, 0.25) is 5.78 Å². The van der Waals surface area contributed by atoms with E-state index in [0.29, 0.717) is 6.07 Å². The second-order valence-corrected chi connectivity index (χ2v) is 4.33. The number of nitrogens with two attached hydrogens (primary N) is 1. The molecule has 2 rings (SSSR count). The number of carbonyl (C=O) groups excluding carboxylic acids is 1. The molecular weight excluding hydrogens is 264 g/mol. The zero-order chi connectivity index (χ0) is 14.9. The minimum absolute atomic E-state index is 0.0694. The van der Waals surface area contributed by atoms with Crippen molar-refractivity contribution in [2.45, 2.75) is 6.92 Å².